The molecule has 0 saturated carbocycles. The highest BCUT2D eigenvalue weighted by atomic mass is 32.1. The number of amides is 1. The van der Waals surface area contributed by atoms with Gasteiger partial charge < -0.3 is 10.2 Å². The van der Waals surface area contributed by atoms with E-state index in [0.29, 0.717) is 17.3 Å². The Morgan fingerprint density at radius 2 is 2.04 bits per heavy atom. The molecule has 1 aromatic carbocycles. The van der Waals surface area contributed by atoms with Crippen molar-refractivity contribution in [2.45, 2.75) is 26.8 Å². The number of H-pyrrole nitrogens is 1. The van der Waals surface area contributed by atoms with Gasteiger partial charge in [0, 0.05) is 30.1 Å². The van der Waals surface area contributed by atoms with Crippen molar-refractivity contribution >= 4 is 23.2 Å². The van der Waals surface area contributed by atoms with Gasteiger partial charge in [-0.3, -0.25) is 9.89 Å². The number of nitrogens with one attached hydrogen (secondary N) is 2. The van der Waals surface area contributed by atoms with Crippen LogP contribution in [0, 0.1) is 13.8 Å². The van der Waals surface area contributed by atoms with E-state index in [4.69, 9.17) is 0 Å². The Morgan fingerprint density at radius 3 is 2.65 bits per heavy atom. The van der Waals surface area contributed by atoms with Gasteiger partial charge in [0.15, 0.2) is 5.82 Å². The van der Waals surface area contributed by atoms with Crippen LogP contribution in [0.4, 0.5) is 5.95 Å². The fourth-order valence-corrected chi connectivity index (χ4v) is 3.60. The summed E-state index contributed by atoms with van der Waals surface area (Å²) >= 11 is 1.64. The molecule has 3 rings (SSSR count). The molecule has 0 aliphatic rings. The molecule has 0 aliphatic carbocycles. The van der Waals surface area contributed by atoms with Gasteiger partial charge in [-0.1, -0.05) is 12.1 Å². The van der Waals surface area contributed by atoms with Crippen molar-refractivity contribution in [2.24, 2.45) is 0 Å². The summed E-state index contributed by atoms with van der Waals surface area (Å²) in [4.78, 5) is 24.5. The van der Waals surface area contributed by atoms with E-state index in [1.54, 1.807) is 23.5 Å². The minimum atomic E-state index is -0.151. The van der Waals surface area contributed by atoms with Crippen LogP contribution in [0.15, 0.2) is 24.3 Å². The van der Waals surface area contributed by atoms with Crippen LogP contribution < -0.4 is 10.2 Å². The van der Waals surface area contributed by atoms with Crippen molar-refractivity contribution in [3.05, 3.63) is 45.4 Å². The van der Waals surface area contributed by atoms with Gasteiger partial charge in [-0.15, -0.1) is 16.4 Å². The van der Waals surface area contributed by atoms with Gasteiger partial charge in [0.25, 0.3) is 5.91 Å². The van der Waals surface area contributed by atoms with E-state index in [2.05, 4.69) is 25.5 Å². The lowest BCUT2D eigenvalue weighted by atomic mass is 10.1. The average molecular weight is 370 g/mol. The van der Waals surface area contributed by atoms with Gasteiger partial charge in [0.05, 0.1) is 16.7 Å². The normalized spacial score (nSPS) is 12.0. The number of aromatic nitrogens is 4. The number of carbonyl (C=O) groups excluding carboxylic acids is 1. The molecule has 8 heteroatoms. The number of aromatic amines is 1. The van der Waals surface area contributed by atoms with Crippen LogP contribution in [-0.2, 0) is 0 Å². The second-order valence-corrected chi connectivity index (χ2v) is 7.74. The largest absolute Gasteiger partial charge is 0.346 e. The first-order valence-corrected chi connectivity index (χ1v) is 9.11. The first-order valence-electron chi connectivity index (χ1n) is 8.30. The van der Waals surface area contributed by atoms with Gasteiger partial charge in [0.2, 0.25) is 5.95 Å². The van der Waals surface area contributed by atoms with Crippen molar-refractivity contribution in [1.82, 2.24) is 25.5 Å². The Bertz CT molecular complexity index is 929. The minimum absolute atomic E-state index is 0.142. The maximum absolute atomic E-state index is 12.7. The first-order chi connectivity index (χ1) is 12.3. The maximum atomic E-state index is 12.7. The van der Waals surface area contributed by atoms with Crippen molar-refractivity contribution in [2.75, 3.05) is 19.0 Å². The minimum Gasteiger partial charge on any atom is -0.346 e. The number of carbonyl (C=O) groups is 1. The second-order valence-electron chi connectivity index (χ2n) is 6.33. The van der Waals surface area contributed by atoms with Crippen LogP contribution in [0.1, 0.15) is 38.9 Å². The van der Waals surface area contributed by atoms with Crippen molar-refractivity contribution in [1.29, 1.82) is 0 Å². The average Bonchev–Trinajstić information content (AvgIpc) is 3.21. The van der Waals surface area contributed by atoms with E-state index in [0.717, 1.165) is 21.1 Å². The number of rotatable bonds is 5. The lowest BCUT2D eigenvalue weighted by Gasteiger charge is -2.13. The fraction of sp³-hybridized carbons (Fsp3) is 0.333. The zero-order valence-electron chi connectivity index (χ0n) is 15.5. The van der Waals surface area contributed by atoms with Gasteiger partial charge in [-0.25, -0.2) is 4.98 Å². The van der Waals surface area contributed by atoms with Crippen LogP contribution in [-0.4, -0.2) is 40.2 Å². The van der Waals surface area contributed by atoms with Gasteiger partial charge in [0.1, 0.15) is 0 Å². The molecule has 7 nitrogen and oxygen atoms in total. The van der Waals surface area contributed by atoms with Crippen molar-refractivity contribution in [3.63, 3.8) is 0 Å². The van der Waals surface area contributed by atoms with Crippen LogP contribution in [0.3, 0.4) is 0 Å². The van der Waals surface area contributed by atoms with Gasteiger partial charge in [-0.05, 0) is 32.9 Å². The van der Waals surface area contributed by atoms with Crippen LogP contribution in [0.25, 0.3) is 11.4 Å². The van der Waals surface area contributed by atoms with E-state index < -0.39 is 0 Å². The summed E-state index contributed by atoms with van der Waals surface area (Å²) in [7, 11) is 3.75. The molecule has 0 fully saturated rings. The SMILES string of the molecule is Cc1nc([C@@H](C)NC(=O)c2cccc(-c3nc(N(C)C)n[nH]3)c2)c(C)s1. The fourth-order valence-electron chi connectivity index (χ4n) is 2.68. The molecule has 0 saturated heterocycles. The Labute approximate surface area is 156 Å². The Hall–Kier alpha value is -2.74. The molecular weight excluding hydrogens is 348 g/mol. The van der Waals surface area contributed by atoms with Crippen LogP contribution in [0.2, 0.25) is 0 Å². The molecule has 2 aromatic heterocycles. The first kappa shape index (κ1) is 18.1. The number of benzene rings is 1. The highest BCUT2D eigenvalue weighted by Crippen LogP contribution is 2.23. The molecule has 0 bridgehead atoms. The topological polar surface area (TPSA) is 86.8 Å². The third-order valence-electron chi connectivity index (χ3n) is 3.97. The predicted octanol–water partition coefficient (Wildman–Crippen LogP) is 3.10. The molecule has 2 N–H and O–H groups in total. The standard InChI is InChI=1S/C18H22N6OS/c1-10(15-11(2)26-12(3)20-15)19-17(25)14-8-6-7-13(9-14)16-21-18(23-22-16)24(4)5/h6-10H,1-5H3,(H,19,25)(H,21,22,23)/t10-/m1/s1. The molecule has 26 heavy (non-hydrogen) atoms. The molecule has 1 atom stereocenters. The van der Waals surface area contributed by atoms with E-state index in [1.165, 1.54) is 0 Å². The molecule has 2 heterocycles. The van der Waals surface area contributed by atoms with Crippen molar-refractivity contribution in [3.8, 4) is 11.4 Å². The lowest BCUT2D eigenvalue weighted by molar-refractivity contribution is 0.0939. The molecule has 1 amide bonds. The highest BCUT2D eigenvalue weighted by molar-refractivity contribution is 7.11. The van der Waals surface area contributed by atoms with Crippen LogP contribution >= 0.6 is 11.3 Å². The molecular formula is C18H22N6OS. The molecule has 136 valence electrons. The molecule has 0 aliphatic heterocycles. The third-order valence-corrected chi connectivity index (χ3v) is 4.87. The number of hydrogen-bond acceptors (Lipinski definition) is 6. The quantitative estimate of drug-likeness (QED) is 0.721. The highest BCUT2D eigenvalue weighted by Gasteiger charge is 2.17. The van der Waals surface area contributed by atoms with E-state index in [1.807, 2.05) is 51.9 Å². The molecule has 0 spiro atoms. The zero-order valence-corrected chi connectivity index (χ0v) is 16.3. The van der Waals surface area contributed by atoms with Gasteiger partial charge in [-0.2, -0.15) is 4.98 Å². The van der Waals surface area contributed by atoms with Gasteiger partial charge >= 0.3 is 0 Å². The number of aryl methyl sites for hydroxylation is 2. The second kappa shape index (κ2) is 7.25. The third kappa shape index (κ3) is 3.75. The summed E-state index contributed by atoms with van der Waals surface area (Å²) in [6.07, 6.45) is 0. The predicted molar refractivity (Wildman–Crippen MR) is 104 cm³/mol. The lowest BCUT2D eigenvalue weighted by Crippen LogP contribution is -2.27. The summed E-state index contributed by atoms with van der Waals surface area (Å²) in [5.41, 5.74) is 2.30. The number of thiazole rings is 1. The van der Waals surface area contributed by atoms with E-state index in [-0.39, 0.29) is 11.9 Å². The van der Waals surface area contributed by atoms with E-state index >= 15 is 0 Å². The number of hydrogen-bond donors (Lipinski definition) is 2. The molecule has 3 aromatic rings. The number of nitrogens with zero attached hydrogens (tertiary/aromatic N) is 4. The molecule has 0 unspecified atom stereocenters. The Kier molecular flexibility index (Phi) is 5.03. The summed E-state index contributed by atoms with van der Waals surface area (Å²) in [6, 6.07) is 7.18. The summed E-state index contributed by atoms with van der Waals surface area (Å²) < 4.78 is 0. The molecule has 0 radical (unpaired) electrons. The Balaban J connectivity index is 1.78. The van der Waals surface area contributed by atoms with Crippen molar-refractivity contribution < 1.29 is 4.79 Å². The zero-order chi connectivity index (χ0) is 18.8. The van der Waals surface area contributed by atoms with E-state index in [9.17, 15) is 4.79 Å². The number of anilines is 1. The summed E-state index contributed by atoms with van der Waals surface area (Å²) in [6.45, 7) is 5.94. The summed E-state index contributed by atoms with van der Waals surface area (Å²) in [5, 5.41) is 11.1. The smallest absolute Gasteiger partial charge is 0.251 e. The van der Waals surface area contributed by atoms with Crippen LogP contribution in [0.5, 0.6) is 0 Å². The summed E-state index contributed by atoms with van der Waals surface area (Å²) in [5.74, 6) is 1.08. The maximum Gasteiger partial charge on any atom is 0.251 e. The monoisotopic (exact) mass is 370 g/mol. The Morgan fingerprint density at radius 1 is 1.27 bits per heavy atom.